The van der Waals surface area contributed by atoms with E-state index in [1.165, 1.54) is 0 Å². The molecule has 0 fully saturated rings. The van der Waals surface area contributed by atoms with Gasteiger partial charge in [0.2, 0.25) is 5.89 Å². The van der Waals surface area contributed by atoms with Crippen molar-refractivity contribution in [1.29, 1.82) is 0 Å². The lowest BCUT2D eigenvalue weighted by Crippen LogP contribution is -2.27. The summed E-state index contributed by atoms with van der Waals surface area (Å²) in [5.74, 6) is 1.07. The molecule has 1 heterocycles. The number of carbonyl (C=O) groups is 1. The van der Waals surface area contributed by atoms with Gasteiger partial charge in [-0.3, -0.25) is 0 Å². The van der Waals surface area contributed by atoms with Crippen molar-refractivity contribution in [3.63, 3.8) is 0 Å². The van der Waals surface area contributed by atoms with E-state index in [4.69, 9.17) is 9.15 Å². The van der Waals surface area contributed by atoms with Gasteiger partial charge < -0.3 is 14.5 Å². The maximum atomic E-state index is 11.9. The van der Waals surface area contributed by atoms with Crippen molar-refractivity contribution in [1.82, 2.24) is 10.3 Å². The number of halogens is 1. The summed E-state index contributed by atoms with van der Waals surface area (Å²) in [5.41, 5.74) is 1.85. The van der Waals surface area contributed by atoms with E-state index in [9.17, 15) is 4.79 Å². The molecule has 0 spiro atoms. The summed E-state index contributed by atoms with van der Waals surface area (Å²) < 4.78 is 11.9. The van der Waals surface area contributed by atoms with Crippen LogP contribution in [-0.4, -0.2) is 11.1 Å². The third-order valence-electron chi connectivity index (χ3n) is 3.57. The first-order valence-electron chi connectivity index (χ1n) is 7.80. The van der Waals surface area contributed by atoms with Crippen molar-refractivity contribution >= 4 is 22.0 Å². The van der Waals surface area contributed by atoms with Gasteiger partial charge in [0.1, 0.15) is 12.6 Å². The fourth-order valence-electron chi connectivity index (χ4n) is 2.24. The van der Waals surface area contributed by atoms with Crippen LogP contribution in [0.1, 0.15) is 24.4 Å². The second kappa shape index (κ2) is 7.98. The number of carbonyl (C=O) groups excluding carboxylic acids is 1. The van der Waals surface area contributed by atoms with Crippen molar-refractivity contribution in [2.45, 2.75) is 19.6 Å². The molecule has 5 nitrogen and oxygen atoms in total. The van der Waals surface area contributed by atoms with Crippen molar-refractivity contribution in [3.8, 4) is 11.3 Å². The highest BCUT2D eigenvalue weighted by Crippen LogP contribution is 2.24. The van der Waals surface area contributed by atoms with Crippen LogP contribution in [0, 0.1) is 0 Å². The van der Waals surface area contributed by atoms with Gasteiger partial charge in [-0.15, -0.1) is 0 Å². The number of benzene rings is 2. The molecule has 3 aromatic rings. The van der Waals surface area contributed by atoms with Gasteiger partial charge in [0.15, 0.2) is 5.76 Å². The van der Waals surface area contributed by atoms with Crippen LogP contribution < -0.4 is 5.32 Å². The number of amides is 1. The Morgan fingerprint density at radius 1 is 1.20 bits per heavy atom. The van der Waals surface area contributed by atoms with Gasteiger partial charge in [0, 0.05) is 10.0 Å². The molecule has 1 amide bonds. The van der Waals surface area contributed by atoms with E-state index < -0.39 is 12.1 Å². The molecule has 0 radical (unpaired) electrons. The summed E-state index contributed by atoms with van der Waals surface area (Å²) in [6, 6.07) is 16.8. The zero-order valence-electron chi connectivity index (χ0n) is 13.6. The van der Waals surface area contributed by atoms with Gasteiger partial charge in [-0.1, -0.05) is 58.4 Å². The molecular formula is C19H17BrN2O3. The summed E-state index contributed by atoms with van der Waals surface area (Å²) in [6.07, 6.45) is 1.13. The Kier molecular flexibility index (Phi) is 5.50. The molecule has 1 unspecified atom stereocenters. The molecule has 1 N–H and O–H groups in total. The summed E-state index contributed by atoms with van der Waals surface area (Å²) in [4.78, 5) is 16.1. The summed E-state index contributed by atoms with van der Waals surface area (Å²) >= 11 is 3.40. The first-order chi connectivity index (χ1) is 12.1. The summed E-state index contributed by atoms with van der Waals surface area (Å²) in [5, 5.41) is 2.72. The van der Waals surface area contributed by atoms with Gasteiger partial charge in [0.25, 0.3) is 0 Å². The van der Waals surface area contributed by atoms with Crippen LogP contribution in [0.3, 0.4) is 0 Å². The molecule has 6 heteroatoms. The minimum atomic E-state index is -0.514. The van der Waals surface area contributed by atoms with Crippen LogP contribution in [0.25, 0.3) is 11.3 Å². The zero-order chi connectivity index (χ0) is 17.6. The number of ether oxygens (including phenoxy) is 1. The maximum absolute atomic E-state index is 11.9. The van der Waals surface area contributed by atoms with Crippen molar-refractivity contribution in [2.24, 2.45) is 0 Å². The van der Waals surface area contributed by atoms with Crippen LogP contribution >= 0.6 is 15.9 Å². The number of rotatable bonds is 5. The monoisotopic (exact) mass is 400 g/mol. The largest absolute Gasteiger partial charge is 0.445 e. The molecule has 1 aromatic heterocycles. The SMILES string of the molecule is CC(NC(=O)OCc1ccccc1)c1ncc(-c2ccc(Br)cc2)o1. The smallest absolute Gasteiger partial charge is 0.408 e. The molecule has 128 valence electrons. The van der Waals surface area contributed by atoms with Crippen molar-refractivity contribution in [3.05, 3.63) is 76.7 Å². The molecule has 0 aliphatic rings. The normalized spacial score (nSPS) is 11.8. The Morgan fingerprint density at radius 3 is 2.64 bits per heavy atom. The fourth-order valence-corrected chi connectivity index (χ4v) is 2.50. The number of hydrogen-bond donors (Lipinski definition) is 1. The van der Waals surface area contributed by atoms with E-state index >= 15 is 0 Å². The van der Waals surface area contributed by atoms with Gasteiger partial charge in [-0.05, 0) is 24.6 Å². The molecule has 0 aliphatic carbocycles. The number of nitrogens with one attached hydrogen (secondary N) is 1. The van der Waals surface area contributed by atoms with E-state index in [0.717, 1.165) is 15.6 Å². The van der Waals surface area contributed by atoms with Crippen LogP contribution in [0.5, 0.6) is 0 Å². The minimum absolute atomic E-state index is 0.217. The lowest BCUT2D eigenvalue weighted by Gasteiger charge is -2.11. The van der Waals surface area contributed by atoms with E-state index in [1.54, 1.807) is 13.1 Å². The molecule has 0 aliphatic heterocycles. The number of hydrogen-bond acceptors (Lipinski definition) is 4. The van der Waals surface area contributed by atoms with E-state index in [2.05, 4.69) is 26.2 Å². The first kappa shape index (κ1) is 17.2. The number of oxazole rings is 1. The summed E-state index contributed by atoms with van der Waals surface area (Å²) in [7, 11) is 0. The second-order valence-corrected chi connectivity index (χ2v) is 6.41. The maximum Gasteiger partial charge on any atom is 0.408 e. The molecule has 25 heavy (non-hydrogen) atoms. The molecule has 0 saturated heterocycles. The van der Waals surface area contributed by atoms with E-state index in [-0.39, 0.29) is 6.61 Å². The van der Waals surface area contributed by atoms with Gasteiger partial charge >= 0.3 is 6.09 Å². The second-order valence-electron chi connectivity index (χ2n) is 5.50. The highest BCUT2D eigenvalue weighted by molar-refractivity contribution is 9.10. The number of alkyl carbamates (subject to hydrolysis) is 1. The minimum Gasteiger partial charge on any atom is -0.445 e. The van der Waals surface area contributed by atoms with E-state index in [1.807, 2.05) is 54.6 Å². The third kappa shape index (κ3) is 4.70. The standard InChI is InChI=1S/C19H17BrN2O3/c1-13(22-19(23)24-12-14-5-3-2-4-6-14)18-21-11-17(25-18)15-7-9-16(20)10-8-15/h2-11,13H,12H2,1H3,(H,22,23). The highest BCUT2D eigenvalue weighted by Gasteiger charge is 2.16. The Balaban J connectivity index is 1.57. The first-order valence-corrected chi connectivity index (χ1v) is 8.60. The third-order valence-corrected chi connectivity index (χ3v) is 4.10. The molecule has 0 bridgehead atoms. The molecule has 2 aromatic carbocycles. The Bertz CT molecular complexity index is 831. The highest BCUT2D eigenvalue weighted by atomic mass is 79.9. The Labute approximate surface area is 154 Å². The fraction of sp³-hybridized carbons (Fsp3) is 0.158. The Hall–Kier alpha value is -2.60. The van der Waals surface area contributed by atoms with Gasteiger partial charge in [0.05, 0.1) is 6.20 Å². The van der Waals surface area contributed by atoms with Crippen LogP contribution in [-0.2, 0) is 11.3 Å². The quantitative estimate of drug-likeness (QED) is 0.647. The topological polar surface area (TPSA) is 64.4 Å². The number of nitrogens with zero attached hydrogens (tertiary/aromatic N) is 1. The predicted molar refractivity (Wildman–Crippen MR) is 97.8 cm³/mol. The number of aromatic nitrogens is 1. The van der Waals surface area contributed by atoms with E-state index in [0.29, 0.717) is 11.7 Å². The van der Waals surface area contributed by atoms with Gasteiger partial charge in [-0.2, -0.15) is 0 Å². The van der Waals surface area contributed by atoms with Crippen molar-refractivity contribution in [2.75, 3.05) is 0 Å². The molecular weight excluding hydrogens is 384 g/mol. The van der Waals surface area contributed by atoms with Crippen LogP contribution in [0.2, 0.25) is 0 Å². The van der Waals surface area contributed by atoms with Gasteiger partial charge in [-0.25, -0.2) is 9.78 Å². The van der Waals surface area contributed by atoms with Crippen LogP contribution in [0.15, 0.2) is 69.7 Å². The summed E-state index contributed by atoms with van der Waals surface area (Å²) in [6.45, 7) is 2.01. The van der Waals surface area contributed by atoms with Crippen molar-refractivity contribution < 1.29 is 13.9 Å². The lowest BCUT2D eigenvalue weighted by molar-refractivity contribution is 0.135. The average molecular weight is 401 g/mol. The predicted octanol–water partition coefficient (Wildman–Crippen LogP) is 5.09. The zero-order valence-corrected chi connectivity index (χ0v) is 15.2. The lowest BCUT2D eigenvalue weighted by atomic mass is 10.2. The Morgan fingerprint density at radius 2 is 1.92 bits per heavy atom. The average Bonchev–Trinajstić information content (AvgIpc) is 3.12. The molecule has 3 rings (SSSR count). The molecule has 0 saturated carbocycles. The molecule has 1 atom stereocenters. The van der Waals surface area contributed by atoms with Crippen LogP contribution in [0.4, 0.5) is 4.79 Å².